The largest absolute Gasteiger partial charge is 0.288 e. The second-order valence-corrected chi connectivity index (χ2v) is 9.04. The molecule has 0 radical (unpaired) electrons. The number of pyridine rings is 1. The van der Waals surface area contributed by atoms with E-state index in [1.807, 2.05) is 36.4 Å². The lowest BCUT2D eigenvalue weighted by Crippen LogP contribution is -2.33. The molecule has 3 aromatic rings. The summed E-state index contributed by atoms with van der Waals surface area (Å²) in [5.74, 6) is 0.198. The Bertz CT molecular complexity index is 1130. The van der Waals surface area contributed by atoms with E-state index in [1.54, 1.807) is 56.1 Å². The van der Waals surface area contributed by atoms with Gasteiger partial charge in [-0.15, -0.1) is 0 Å². The lowest BCUT2D eigenvalue weighted by Gasteiger charge is -2.23. The van der Waals surface area contributed by atoms with Gasteiger partial charge in [-0.1, -0.05) is 56.3 Å². The van der Waals surface area contributed by atoms with Crippen molar-refractivity contribution in [2.45, 2.75) is 32.2 Å². The molecule has 1 amide bonds. The maximum Gasteiger partial charge on any atom is 0.259 e. The molecule has 0 saturated heterocycles. The van der Waals surface area contributed by atoms with Crippen molar-refractivity contribution in [1.82, 2.24) is 9.29 Å². The third-order valence-electron chi connectivity index (χ3n) is 5.11. The highest BCUT2D eigenvalue weighted by Gasteiger charge is 2.26. The van der Waals surface area contributed by atoms with Crippen LogP contribution in [0.5, 0.6) is 0 Å². The van der Waals surface area contributed by atoms with E-state index in [2.05, 4.69) is 4.98 Å². The third kappa shape index (κ3) is 5.00. The molecule has 2 aromatic carbocycles. The number of hydrogen-bond donors (Lipinski definition) is 0. The molecular formula is C24H27N3O3S. The number of amides is 1. The average molecular weight is 438 g/mol. The molecule has 162 valence electrons. The number of aryl methyl sites for hydroxylation is 1. The minimum atomic E-state index is -3.69. The van der Waals surface area contributed by atoms with Gasteiger partial charge in [0.1, 0.15) is 5.82 Å². The highest BCUT2D eigenvalue weighted by Crippen LogP contribution is 2.24. The number of carbonyl (C=O) groups is 1. The summed E-state index contributed by atoms with van der Waals surface area (Å²) in [4.78, 5) is 19.6. The minimum absolute atomic E-state index is 0.155. The van der Waals surface area contributed by atoms with Gasteiger partial charge in [0.2, 0.25) is 10.0 Å². The minimum Gasteiger partial charge on any atom is -0.288 e. The van der Waals surface area contributed by atoms with Crippen molar-refractivity contribution < 1.29 is 13.2 Å². The van der Waals surface area contributed by atoms with Gasteiger partial charge in [0, 0.05) is 24.8 Å². The zero-order chi connectivity index (χ0) is 22.4. The molecule has 0 fully saturated rings. The number of nitrogens with zero attached hydrogens (tertiary/aromatic N) is 3. The molecule has 0 atom stereocenters. The number of rotatable bonds is 8. The number of anilines is 1. The van der Waals surface area contributed by atoms with Gasteiger partial charge in [0.05, 0.1) is 11.4 Å². The third-order valence-corrected chi connectivity index (χ3v) is 7.30. The van der Waals surface area contributed by atoms with Gasteiger partial charge in [-0.2, -0.15) is 4.31 Å². The van der Waals surface area contributed by atoms with Crippen LogP contribution in [0.3, 0.4) is 0 Å². The van der Waals surface area contributed by atoms with Crippen LogP contribution in [0, 0.1) is 6.92 Å². The van der Waals surface area contributed by atoms with Crippen LogP contribution in [0.2, 0.25) is 0 Å². The van der Waals surface area contributed by atoms with Gasteiger partial charge in [0.25, 0.3) is 5.91 Å². The maximum atomic E-state index is 13.5. The molecule has 0 aliphatic heterocycles. The van der Waals surface area contributed by atoms with Gasteiger partial charge in [-0.25, -0.2) is 13.4 Å². The number of benzene rings is 2. The molecule has 0 unspecified atom stereocenters. The average Bonchev–Trinajstić information content (AvgIpc) is 2.79. The first-order valence-electron chi connectivity index (χ1n) is 10.3. The fourth-order valence-corrected chi connectivity index (χ4v) is 5.11. The number of sulfonamides is 1. The Morgan fingerprint density at radius 2 is 1.61 bits per heavy atom. The fraction of sp³-hybridized carbons (Fsp3) is 0.250. The highest BCUT2D eigenvalue weighted by molar-refractivity contribution is 7.89. The summed E-state index contributed by atoms with van der Waals surface area (Å²) < 4.78 is 27.6. The van der Waals surface area contributed by atoms with Crippen LogP contribution < -0.4 is 4.90 Å². The van der Waals surface area contributed by atoms with Crippen LogP contribution in [0.4, 0.5) is 5.82 Å². The lowest BCUT2D eigenvalue weighted by molar-refractivity contribution is 0.0984. The van der Waals surface area contributed by atoms with E-state index in [0.717, 1.165) is 5.56 Å². The van der Waals surface area contributed by atoms with Crippen LogP contribution in [-0.4, -0.2) is 36.7 Å². The van der Waals surface area contributed by atoms with Gasteiger partial charge in [-0.3, -0.25) is 9.69 Å². The molecule has 0 aliphatic rings. The summed E-state index contributed by atoms with van der Waals surface area (Å²) in [6.07, 6.45) is 1.63. The predicted molar refractivity (Wildman–Crippen MR) is 122 cm³/mol. The predicted octanol–water partition coefficient (Wildman–Crippen LogP) is 4.27. The molecule has 0 spiro atoms. The van der Waals surface area contributed by atoms with Crippen molar-refractivity contribution in [2.75, 3.05) is 18.0 Å². The number of aromatic nitrogens is 1. The molecule has 3 rings (SSSR count). The van der Waals surface area contributed by atoms with Crippen LogP contribution in [0.25, 0.3) is 0 Å². The summed E-state index contributed by atoms with van der Waals surface area (Å²) in [5, 5.41) is 0. The van der Waals surface area contributed by atoms with E-state index in [1.165, 1.54) is 10.4 Å². The topological polar surface area (TPSA) is 70.6 Å². The number of carbonyl (C=O) groups excluding carboxylic acids is 1. The summed E-state index contributed by atoms with van der Waals surface area (Å²) in [7, 11) is -3.69. The van der Waals surface area contributed by atoms with Crippen molar-refractivity contribution in [3.05, 3.63) is 89.6 Å². The lowest BCUT2D eigenvalue weighted by atomic mass is 10.1. The summed E-state index contributed by atoms with van der Waals surface area (Å²) in [5.41, 5.74) is 1.86. The Morgan fingerprint density at radius 1 is 0.935 bits per heavy atom. The van der Waals surface area contributed by atoms with Gasteiger partial charge >= 0.3 is 0 Å². The molecule has 1 aromatic heterocycles. The van der Waals surface area contributed by atoms with Crippen molar-refractivity contribution in [1.29, 1.82) is 0 Å². The van der Waals surface area contributed by atoms with Gasteiger partial charge < -0.3 is 0 Å². The Kier molecular flexibility index (Phi) is 7.20. The quantitative estimate of drug-likeness (QED) is 0.528. The Labute approximate surface area is 184 Å². The second-order valence-electron chi connectivity index (χ2n) is 7.13. The molecular weight excluding hydrogens is 410 g/mol. The van der Waals surface area contributed by atoms with E-state index in [-0.39, 0.29) is 10.8 Å². The van der Waals surface area contributed by atoms with Crippen LogP contribution >= 0.6 is 0 Å². The summed E-state index contributed by atoms with van der Waals surface area (Å²) >= 11 is 0. The molecule has 31 heavy (non-hydrogen) atoms. The zero-order valence-corrected chi connectivity index (χ0v) is 18.8. The molecule has 0 saturated carbocycles. The summed E-state index contributed by atoms with van der Waals surface area (Å²) in [6.45, 7) is 6.39. The van der Waals surface area contributed by atoms with E-state index in [0.29, 0.717) is 36.6 Å². The monoisotopic (exact) mass is 437 g/mol. The maximum absolute atomic E-state index is 13.5. The normalized spacial score (nSPS) is 11.5. The van der Waals surface area contributed by atoms with Crippen LogP contribution in [0.1, 0.15) is 35.3 Å². The first-order valence-corrected chi connectivity index (χ1v) is 11.7. The first-order chi connectivity index (χ1) is 14.9. The van der Waals surface area contributed by atoms with E-state index >= 15 is 0 Å². The Balaban J connectivity index is 2.04. The fourth-order valence-electron chi connectivity index (χ4n) is 3.41. The Hall–Kier alpha value is -3.03. The molecule has 1 heterocycles. The van der Waals surface area contributed by atoms with Gasteiger partial charge in [0.15, 0.2) is 0 Å². The number of hydrogen-bond acceptors (Lipinski definition) is 4. The molecule has 0 aliphatic carbocycles. The molecule has 6 nitrogen and oxygen atoms in total. The van der Waals surface area contributed by atoms with Crippen LogP contribution in [0.15, 0.2) is 77.8 Å². The standard InChI is InChI=1S/C24H27N3O3S/c1-4-26(5-2)31(29,30)22-17-21(15-14-19(22)3)24(28)27(23-13-9-10-16-25-23)18-20-11-7-6-8-12-20/h6-17H,4-5,18H2,1-3H3. The van der Waals surface area contributed by atoms with Crippen molar-refractivity contribution in [3.8, 4) is 0 Å². The van der Waals surface area contributed by atoms with Gasteiger partial charge in [-0.05, 0) is 42.3 Å². The van der Waals surface area contributed by atoms with E-state index in [9.17, 15) is 13.2 Å². The second kappa shape index (κ2) is 9.85. The van der Waals surface area contributed by atoms with Crippen LogP contribution in [-0.2, 0) is 16.6 Å². The Morgan fingerprint density at radius 3 is 2.23 bits per heavy atom. The van der Waals surface area contributed by atoms with Crippen molar-refractivity contribution in [3.63, 3.8) is 0 Å². The molecule has 7 heteroatoms. The smallest absolute Gasteiger partial charge is 0.259 e. The molecule has 0 bridgehead atoms. The van der Waals surface area contributed by atoms with Crippen molar-refractivity contribution in [2.24, 2.45) is 0 Å². The SMILES string of the molecule is CCN(CC)S(=O)(=O)c1cc(C(=O)N(Cc2ccccc2)c2ccccn2)ccc1C. The van der Waals surface area contributed by atoms with E-state index in [4.69, 9.17) is 0 Å². The van der Waals surface area contributed by atoms with Crippen molar-refractivity contribution >= 4 is 21.7 Å². The highest BCUT2D eigenvalue weighted by atomic mass is 32.2. The molecule has 0 N–H and O–H groups in total. The van der Waals surface area contributed by atoms with E-state index < -0.39 is 10.0 Å². The first kappa shape index (κ1) is 22.7. The zero-order valence-electron chi connectivity index (χ0n) is 18.0. The summed E-state index contributed by atoms with van der Waals surface area (Å²) in [6, 6.07) is 19.8.